The van der Waals surface area contributed by atoms with Crippen molar-refractivity contribution in [2.45, 2.75) is 18.9 Å². The minimum Gasteiger partial charge on any atom is -0.316 e. The van der Waals surface area contributed by atoms with Gasteiger partial charge in [-0.2, -0.15) is 0 Å². The molecule has 1 atom stereocenters. The van der Waals surface area contributed by atoms with Gasteiger partial charge in [0.15, 0.2) is 0 Å². The number of hydrogen-bond donors (Lipinski definition) is 1. The highest BCUT2D eigenvalue weighted by Crippen LogP contribution is 2.17. The summed E-state index contributed by atoms with van der Waals surface area (Å²) in [6.45, 7) is 0. The predicted octanol–water partition coefficient (Wildman–Crippen LogP) is 3.25. The fourth-order valence-corrected chi connectivity index (χ4v) is 2.21. The first-order valence-corrected chi connectivity index (χ1v) is 6.57. The quantitative estimate of drug-likeness (QED) is 0.908. The molecule has 2 aromatic rings. The molecule has 0 saturated carbocycles. The van der Waals surface area contributed by atoms with E-state index in [0.717, 1.165) is 24.0 Å². The van der Waals surface area contributed by atoms with Crippen molar-refractivity contribution in [1.29, 1.82) is 0 Å². The summed E-state index contributed by atoms with van der Waals surface area (Å²) >= 11 is 6.11. The summed E-state index contributed by atoms with van der Waals surface area (Å²) in [7, 11) is 1.92. The predicted molar refractivity (Wildman–Crippen MR) is 75.9 cm³/mol. The molecule has 0 bridgehead atoms. The van der Waals surface area contributed by atoms with Gasteiger partial charge in [0.2, 0.25) is 0 Å². The average molecular weight is 279 g/mol. The number of benzene rings is 1. The van der Waals surface area contributed by atoms with Gasteiger partial charge in [0.05, 0.1) is 5.02 Å². The molecule has 0 radical (unpaired) electrons. The van der Waals surface area contributed by atoms with E-state index in [2.05, 4.69) is 10.3 Å². The van der Waals surface area contributed by atoms with E-state index in [-0.39, 0.29) is 11.9 Å². The number of hydrogen-bond acceptors (Lipinski definition) is 2. The van der Waals surface area contributed by atoms with Gasteiger partial charge >= 0.3 is 0 Å². The van der Waals surface area contributed by atoms with Crippen LogP contribution in [0.2, 0.25) is 5.02 Å². The van der Waals surface area contributed by atoms with Crippen LogP contribution in [0.15, 0.2) is 42.7 Å². The molecule has 0 aliphatic carbocycles. The standard InChI is InChI=1S/C15H16ClFN2/c1-18-14(8-11-2-4-13(17)5-3-11)9-12-6-7-19-10-15(12)16/h2-7,10,14,18H,8-9H2,1H3. The summed E-state index contributed by atoms with van der Waals surface area (Å²) in [5.41, 5.74) is 2.17. The van der Waals surface area contributed by atoms with Crippen molar-refractivity contribution >= 4 is 11.6 Å². The Hall–Kier alpha value is -1.45. The maximum absolute atomic E-state index is 12.9. The Morgan fingerprint density at radius 1 is 1.21 bits per heavy atom. The van der Waals surface area contributed by atoms with Crippen LogP contribution in [0.3, 0.4) is 0 Å². The lowest BCUT2D eigenvalue weighted by Crippen LogP contribution is -2.30. The third-order valence-corrected chi connectivity index (χ3v) is 3.47. The number of nitrogens with one attached hydrogen (secondary N) is 1. The van der Waals surface area contributed by atoms with E-state index in [0.29, 0.717) is 5.02 Å². The van der Waals surface area contributed by atoms with E-state index in [1.807, 2.05) is 25.2 Å². The molecule has 0 spiro atoms. The first-order chi connectivity index (χ1) is 9.19. The van der Waals surface area contributed by atoms with Gasteiger partial charge in [0, 0.05) is 18.4 Å². The second-order valence-electron chi connectivity index (χ2n) is 4.49. The van der Waals surface area contributed by atoms with Crippen molar-refractivity contribution in [3.63, 3.8) is 0 Å². The number of nitrogens with zero attached hydrogens (tertiary/aromatic N) is 1. The topological polar surface area (TPSA) is 24.9 Å². The second-order valence-corrected chi connectivity index (χ2v) is 4.89. The van der Waals surface area contributed by atoms with Crippen molar-refractivity contribution in [1.82, 2.24) is 10.3 Å². The zero-order valence-corrected chi connectivity index (χ0v) is 11.5. The molecule has 1 aromatic carbocycles. The van der Waals surface area contributed by atoms with Crippen molar-refractivity contribution in [3.05, 3.63) is 64.7 Å². The maximum atomic E-state index is 12.9. The van der Waals surface area contributed by atoms with Gasteiger partial charge in [-0.05, 0) is 49.2 Å². The largest absolute Gasteiger partial charge is 0.316 e. The van der Waals surface area contributed by atoms with Crippen LogP contribution >= 0.6 is 11.6 Å². The lowest BCUT2D eigenvalue weighted by atomic mass is 10.00. The summed E-state index contributed by atoms with van der Waals surface area (Å²) in [6, 6.07) is 8.78. The molecule has 1 unspecified atom stereocenters. The number of halogens is 2. The molecule has 0 amide bonds. The molecular formula is C15H16ClFN2. The summed E-state index contributed by atoms with van der Waals surface area (Å²) in [4.78, 5) is 3.98. The molecule has 2 nitrogen and oxygen atoms in total. The molecule has 19 heavy (non-hydrogen) atoms. The van der Waals surface area contributed by atoms with Crippen LogP contribution in [-0.4, -0.2) is 18.1 Å². The van der Waals surface area contributed by atoms with E-state index in [1.54, 1.807) is 12.4 Å². The van der Waals surface area contributed by atoms with Gasteiger partial charge < -0.3 is 5.32 Å². The summed E-state index contributed by atoms with van der Waals surface area (Å²) in [5.74, 6) is -0.207. The first-order valence-electron chi connectivity index (χ1n) is 6.19. The zero-order valence-electron chi connectivity index (χ0n) is 10.7. The summed E-state index contributed by atoms with van der Waals surface area (Å²) < 4.78 is 12.9. The van der Waals surface area contributed by atoms with Crippen molar-refractivity contribution in [3.8, 4) is 0 Å². The molecule has 1 aromatic heterocycles. The molecule has 1 N–H and O–H groups in total. The van der Waals surface area contributed by atoms with Gasteiger partial charge in [-0.3, -0.25) is 4.98 Å². The molecular weight excluding hydrogens is 263 g/mol. The average Bonchev–Trinajstić information content (AvgIpc) is 2.43. The van der Waals surface area contributed by atoms with Crippen molar-refractivity contribution in [2.24, 2.45) is 0 Å². The Morgan fingerprint density at radius 3 is 2.58 bits per heavy atom. The highest BCUT2D eigenvalue weighted by molar-refractivity contribution is 6.31. The van der Waals surface area contributed by atoms with Crippen LogP contribution in [0.1, 0.15) is 11.1 Å². The van der Waals surface area contributed by atoms with Crippen molar-refractivity contribution < 1.29 is 4.39 Å². The van der Waals surface area contributed by atoms with Crippen LogP contribution in [0, 0.1) is 5.82 Å². The second kappa shape index (κ2) is 6.64. The lowest BCUT2D eigenvalue weighted by molar-refractivity contribution is 0.555. The third-order valence-electron chi connectivity index (χ3n) is 3.13. The monoisotopic (exact) mass is 278 g/mol. The Bertz CT molecular complexity index is 528. The normalized spacial score (nSPS) is 12.4. The minimum absolute atomic E-state index is 0.207. The van der Waals surface area contributed by atoms with Gasteiger partial charge in [0.25, 0.3) is 0 Å². The van der Waals surface area contributed by atoms with E-state index >= 15 is 0 Å². The summed E-state index contributed by atoms with van der Waals surface area (Å²) in [6.07, 6.45) is 5.04. The fourth-order valence-electron chi connectivity index (χ4n) is 2.02. The van der Waals surface area contributed by atoms with Gasteiger partial charge in [-0.15, -0.1) is 0 Å². The fraction of sp³-hybridized carbons (Fsp3) is 0.267. The SMILES string of the molecule is CNC(Cc1ccc(F)cc1)Cc1ccncc1Cl. The first kappa shape index (κ1) is 14.0. The smallest absolute Gasteiger partial charge is 0.123 e. The van der Waals surface area contributed by atoms with E-state index < -0.39 is 0 Å². The summed E-state index contributed by atoms with van der Waals surface area (Å²) in [5, 5.41) is 3.95. The van der Waals surface area contributed by atoms with Crippen LogP contribution in [0.4, 0.5) is 4.39 Å². The highest BCUT2D eigenvalue weighted by Gasteiger charge is 2.10. The Labute approximate surface area is 117 Å². The molecule has 0 saturated heterocycles. The van der Waals surface area contributed by atoms with Gasteiger partial charge in [-0.25, -0.2) is 4.39 Å². The van der Waals surface area contributed by atoms with Crippen LogP contribution < -0.4 is 5.32 Å². The Morgan fingerprint density at radius 2 is 1.95 bits per heavy atom. The number of pyridine rings is 1. The molecule has 0 aliphatic rings. The van der Waals surface area contributed by atoms with Crippen LogP contribution in [-0.2, 0) is 12.8 Å². The Balaban J connectivity index is 2.05. The van der Waals surface area contributed by atoms with E-state index in [4.69, 9.17) is 11.6 Å². The minimum atomic E-state index is -0.207. The number of aromatic nitrogens is 1. The highest BCUT2D eigenvalue weighted by atomic mass is 35.5. The van der Waals surface area contributed by atoms with E-state index in [1.165, 1.54) is 12.1 Å². The zero-order chi connectivity index (χ0) is 13.7. The van der Waals surface area contributed by atoms with E-state index in [9.17, 15) is 4.39 Å². The molecule has 0 aliphatic heterocycles. The van der Waals surface area contributed by atoms with Crippen molar-refractivity contribution in [2.75, 3.05) is 7.05 Å². The van der Waals surface area contributed by atoms with Crippen LogP contribution in [0.5, 0.6) is 0 Å². The van der Waals surface area contributed by atoms with Gasteiger partial charge in [-0.1, -0.05) is 23.7 Å². The molecule has 100 valence electrons. The molecule has 1 heterocycles. The Kier molecular flexibility index (Phi) is 4.88. The van der Waals surface area contributed by atoms with Crippen LogP contribution in [0.25, 0.3) is 0 Å². The lowest BCUT2D eigenvalue weighted by Gasteiger charge is -2.17. The maximum Gasteiger partial charge on any atom is 0.123 e. The van der Waals surface area contributed by atoms with Gasteiger partial charge in [0.1, 0.15) is 5.82 Å². The molecule has 2 rings (SSSR count). The molecule has 4 heteroatoms. The number of likely N-dealkylation sites (N-methyl/N-ethyl adjacent to an activating group) is 1. The third kappa shape index (κ3) is 4.01. The number of rotatable bonds is 5. The molecule has 0 fully saturated rings.